The van der Waals surface area contributed by atoms with E-state index in [4.69, 9.17) is 9.73 Å². The number of nitrogens with zero attached hydrogens (tertiary/aromatic N) is 4. The fourth-order valence-corrected chi connectivity index (χ4v) is 3.92. The number of piperidine rings is 1. The standard InChI is InChI=1S/C24H39N5O2/c1-6-25-22(27-16-21-18(2)8-7-13-26-21)28-14-11-20(12-15-28)29(17-19-9-10-19)23(30)31-24(3,4)5/h7-8,13,19-20H,6,9-12,14-17H2,1-5H3,(H,25,27). The number of carbonyl (C=O) groups is 1. The van der Waals surface area contributed by atoms with Crippen LogP contribution in [-0.2, 0) is 11.3 Å². The Kier molecular flexibility index (Phi) is 7.79. The van der Waals surface area contributed by atoms with Crippen molar-refractivity contribution in [3.63, 3.8) is 0 Å². The lowest BCUT2D eigenvalue weighted by Crippen LogP contribution is -2.52. The van der Waals surface area contributed by atoms with E-state index in [2.05, 4.69) is 35.1 Å². The number of rotatable bonds is 6. The van der Waals surface area contributed by atoms with Gasteiger partial charge in [0.2, 0.25) is 0 Å². The zero-order valence-corrected chi connectivity index (χ0v) is 19.9. The van der Waals surface area contributed by atoms with E-state index in [0.29, 0.717) is 12.5 Å². The van der Waals surface area contributed by atoms with E-state index in [1.54, 1.807) is 0 Å². The number of likely N-dealkylation sites (tertiary alicyclic amines) is 1. The van der Waals surface area contributed by atoms with E-state index < -0.39 is 5.60 Å². The largest absolute Gasteiger partial charge is 0.444 e. The Morgan fingerprint density at radius 1 is 1.29 bits per heavy atom. The lowest BCUT2D eigenvalue weighted by atomic mass is 10.0. The van der Waals surface area contributed by atoms with Crippen LogP contribution in [-0.4, -0.2) is 64.7 Å². The van der Waals surface area contributed by atoms with Crippen LogP contribution in [0.1, 0.15) is 64.6 Å². The monoisotopic (exact) mass is 429 g/mol. The summed E-state index contributed by atoms with van der Waals surface area (Å²) in [5.41, 5.74) is 1.70. The SMILES string of the molecule is CCNC(=NCc1ncccc1C)N1CCC(N(CC2CC2)C(=O)OC(C)(C)C)CC1. The number of aryl methyl sites for hydroxylation is 1. The maximum atomic E-state index is 12.9. The van der Waals surface area contributed by atoms with Gasteiger partial charge in [-0.1, -0.05) is 6.07 Å². The normalized spacial score (nSPS) is 18.1. The van der Waals surface area contributed by atoms with E-state index in [0.717, 1.165) is 56.2 Å². The van der Waals surface area contributed by atoms with Crippen LogP contribution in [0.5, 0.6) is 0 Å². The third-order valence-electron chi connectivity index (χ3n) is 5.82. The average Bonchev–Trinajstić information content (AvgIpc) is 3.53. The lowest BCUT2D eigenvalue weighted by Gasteiger charge is -2.40. The molecule has 31 heavy (non-hydrogen) atoms. The molecular formula is C24H39N5O2. The number of guanidine groups is 1. The summed E-state index contributed by atoms with van der Waals surface area (Å²) < 4.78 is 5.72. The molecule has 172 valence electrons. The topological polar surface area (TPSA) is 70.1 Å². The number of ether oxygens (including phenoxy) is 1. The van der Waals surface area contributed by atoms with Crippen molar-refractivity contribution in [2.24, 2.45) is 10.9 Å². The quantitative estimate of drug-likeness (QED) is 0.547. The van der Waals surface area contributed by atoms with Crippen LogP contribution < -0.4 is 5.32 Å². The van der Waals surface area contributed by atoms with E-state index in [1.807, 2.05) is 37.9 Å². The van der Waals surface area contributed by atoms with Crippen LogP contribution in [0.3, 0.4) is 0 Å². The molecular weight excluding hydrogens is 390 g/mol. The zero-order valence-electron chi connectivity index (χ0n) is 19.9. The molecule has 1 aliphatic heterocycles. The van der Waals surface area contributed by atoms with Gasteiger partial charge in [-0.3, -0.25) is 4.98 Å². The third kappa shape index (κ3) is 7.11. The smallest absolute Gasteiger partial charge is 0.410 e. The fraction of sp³-hybridized carbons (Fsp3) is 0.708. The second-order valence-corrected chi connectivity index (χ2v) is 9.73. The van der Waals surface area contributed by atoms with Crippen LogP contribution in [0.2, 0.25) is 0 Å². The van der Waals surface area contributed by atoms with Crippen molar-refractivity contribution in [2.45, 2.75) is 78.5 Å². The van der Waals surface area contributed by atoms with Gasteiger partial charge in [-0.25, -0.2) is 9.79 Å². The molecule has 2 heterocycles. The Bertz CT molecular complexity index is 761. The molecule has 7 nitrogen and oxygen atoms in total. The van der Waals surface area contributed by atoms with Crippen molar-refractivity contribution >= 4 is 12.1 Å². The maximum Gasteiger partial charge on any atom is 0.410 e. The van der Waals surface area contributed by atoms with E-state index in [1.165, 1.54) is 12.8 Å². The minimum atomic E-state index is -0.464. The molecule has 1 saturated carbocycles. The number of aromatic nitrogens is 1. The average molecular weight is 430 g/mol. The first-order chi connectivity index (χ1) is 14.8. The first-order valence-corrected chi connectivity index (χ1v) is 11.7. The highest BCUT2D eigenvalue weighted by molar-refractivity contribution is 5.80. The Labute approximate surface area is 187 Å². The summed E-state index contributed by atoms with van der Waals surface area (Å²) in [6.07, 6.45) is 5.97. The number of nitrogens with one attached hydrogen (secondary N) is 1. The van der Waals surface area contributed by atoms with Crippen LogP contribution in [0.15, 0.2) is 23.3 Å². The molecule has 1 saturated heterocycles. The number of hydrogen-bond donors (Lipinski definition) is 1. The van der Waals surface area contributed by atoms with Gasteiger partial charge < -0.3 is 19.9 Å². The van der Waals surface area contributed by atoms with Crippen LogP contribution in [0, 0.1) is 12.8 Å². The molecule has 0 spiro atoms. The van der Waals surface area contributed by atoms with Crippen LogP contribution in [0.4, 0.5) is 4.79 Å². The van der Waals surface area contributed by atoms with E-state index in [-0.39, 0.29) is 12.1 Å². The van der Waals surface area contributed by atoms with Crippen molar-refractivity contribution in [1.82, 2.24) is 20.1 Å². The molecule has 0 radical (unpaired) electrons. The minimum absolute atomic E-state index is 0.163. The number of aliphatic imine (C=N–C) groups is 1. The van der Waals surface area contributed by atoms with Gasteiger partial charge >= 0.3 is 6.09 Å². The van der Waals surface area contributed by atoms with Gasteiger partial charge in [-0.05, 0) is 77.8 Å². The molecule has 1 aromatic rings. The summed E-state index contributed by atoms with van der Waals surface area (Å²) in [4.78, 5) is 26.5. The summed E-state index contributed by atoms with van der Waals surface area (Å²) in [5.74, 6) is 1.57. The Morgan fingerprint density at radius 3 is 2.58 bits per heavy atom. The molecule has 3 rings (SSSR count). The Hall–Kier alpha value is -2.31. The zero-order chi connectivity index (χ0) is 22.4. The second kappa shape index (κ2) is 10.3. The van der Waals surface area contributed by atoms with Gasteiger partial charge in [0.1, 0.15) is 5.60 Å². The second-order valence-electron chi connectivity index (χ2n) is 9.73. The molecule has 0 bridgehead atoms. The minimum Gasteiger partial charge on any atom is -0.444 e. The van der Waals surface area contributed by atoms with Crippen LogP contribution in [0.25, 0.3) is 0 Å². The summed E-state index contributed by atoms with van der Waals surface area (Å²) in [6.45, 7) is 13.9. The fourth-order valence-electron chi connectivity index (χ4n) is 3.92. The van der Waals surface area contributed by atoms with Crippen molar-refractivity contribution in [2.75, 3.05) is 26.2 Å². The number of pyridine rings is 1. The van der Waals surface area contributed by atoms with Gasteiger partial charge in [-0.2, -0.15) is 0 Å². The van der Waals surface area contributed by atoms with E-state index >= 15 is 0 Å². The summed E-state index contributed by atoms with van der Waals surface area (Å²) in [5, 5.41) is 3.43. The maximum absolute atomic E-state index is 12.9. The van der Waals surface area contributed by atoms with E-state index in [9.17, 15) is 4.79 Å². The molecule has 1 amide bonds. The molecule has 1 aliphatic carbocycles. The molecule has 1 aromatic heterocycles. The van der Waals surface area contributed by atoms with Crippen molar-refractivity contribution in [3.05, 3.63) is 29.6 Å². The van der Waals surface area contributed by atoms with Gasteiger partial charge in [0, 0.05) is 38.4 Å². The summed E-state index contributed by atoms with van der Waals surface area (Å²) in [7, 11) is 0. The van der Waals surface area contributed by atoms with Gasteiger partial charge in [0.15, 0.2) is 5.96 Å². The molecule has 1 N–H and O–H groups in total. The molecule has 7 heteroatoms. The third-order valence-corrected chi connectivity index (χ3v) is 5.82. The molecule has 0 atom stereocenters. The highest BCUT2D eigenvalue weighted by Gasteiger charge is 2.35. The highest BCUT2D eigenvalue weighted by Crippen LogP contribution is 2.32. The number of hydrogen-bond acceptors (Lipinski definition) is 4. The van der Waals surface area contributed by atoms with Gasteiger partial charge in [0.05, 0.1) is 12.2 Å². The Morgan fingerprint density at radius 2 is 2.00 bits per heavy atom. The summed E-state index contributed by atoms with van der Waals surface area (Å²) in [6, 6.07) is 4.26. The summed E-state index contributed by atoms with van der Waals surface area (Å²) >= 11 is 0. The van der Waals surface area contributed by atoms with Crippen molar-refractivity contribution in [3.8, 4) is 0 Å². The molecule has 0 aromatic carbocycles. The highest BCUT2D eigenvalue weighted by atomic mass is 16.6. The molecule has 0 unspecified atom stereocenters. The first kappa shape index (κ1) is 23.4. The predicted molar refractivity (Wildman–Crippen MR) is 124 cm³/mol. The van der Waals surface area contributed by atoms with Gasteiger partial charge in [0.25, 0.3) is 0 Å². The molecule has 2 aliphatic rings. The number of carbonyl (C=O) groups excluding carboxylic acids is 1. The van der Waals surface area contributed by atoms with Crippen molar-refractivity contribution in [1.29, 1.82) is 0 Å². The first-order valence-electron chi connectivity index (χ1n) is 11.7. The van der Waals surface area contributed by atoms with Crippen LogP contribution >= 0.6 is 0 Å². The predicted octanol–water partition coefficient (Wildman–Crippen LogP) is 3.97. The molecule has 2 fully saturated rings. The number of amides is 1. The lowest BCUT2D eigenvalue weighted by molar-refractivity contribution is 0.00928. The van der Waals surface area contributed by atoms with Crippen molar-refractivity contribution < 1.29 is 9.53 Å². The van der Waals surface area contributed by atoms with Gasteiger partial charge in [-0.15, -0.1) is 0 Å². The Balaban J connectivity index is 1.62.